The average Bonchev–Trinajstić information content (AvgIpc) is 3.15. The van der Waals surface area contributed by atoms with Crippen LogP contribution in [0, 0.1) is 0 Å². The van der Waals surface area contributed by atoms with Crippen LogP contribution in [0.3, 0.4) is 0 Å². The molecule has 1 aliphatic rings. The number of carbonyl (C=O) groups excluding carboxylic acids is 3. The van der Waals surface area contributed by atoms with E-state index in [4.69, 9.17) is 20.8 Å². The van der Waals surface area contributed by atoms with Gasteiger partial charge in [-0.1, -0.05) is 36.7 Å². The molecule has 4 aromatic rings. The molecular formula is C28H20ClNO6. The van der Waals surface area contributed by atoms with E-state index < -0.39 is 29.3 Å². The van der Waals surface area contributed by atoms with Gasteiger partial charge in [0.15, 0.2) is 5.76 Å². The van der Waals surface area contributed by atoms with Crippen molar-refractivity contribution in [3.05, 3.63) is 98.7 Å². The lowest BCUT2D eigenvalue weighted by Gasteiger charge is -2.21. The Morgan fingerprint density at radius 2 is 1.61 bits per heavy atom. The number of hydrogen-bond acceptors (Lipinski definition) is 6. The lowest BCUT2D eigenvalue weighted by Crippen LogP contribution is -2.45. The Balaban J connectivity index is 1.57. The van der Waals surface area contributed by atoms with E-state index in [0.717, 1.165) is 10.5 Å². The van der Waals surface area contributed by atoms with Gasteiger partial charge in [-0.05, 0) is 67.4 Å². The first-order chi connectivity index (χ1) is 17.3. The van der Waals surface area contributed by atoms with Gasteiger partial charge in [-0.3, -0.25) is 19.3 Å². The van der Waals surface area contributed by atoms with Crippen LogP contribution in [-0.4, -0.2) is 28.7 Å². The van der Waals surface area contributed by atoms with E-state index in [1.54, 1.807) is 48.5 Å². The normalized spacial score (nSPS) is 13.7. The molecule has 0 saturated carbocycles. The van der Waals surface area contributed by atoms with Crippen molar-refractivity contribution in [1.82, 2.24) is 4.90 Å². The van der Waals surface area contributed by atoms with E-state index in [0.29, 0.717) is 22.6 Å². The summed E-state index contributed by atoms with van der Waals surface area (Å²) in [5.74, 6) is -2.44. The van der Waals surface area contributed by atoms with Crippen LogP contribution in [0.15, 0.2) is 75.9 Å². The summed E-state index contributed by atoms with van der Waals surface area (Å²) in [4.78, 5) is 53.3. The number of hydrogen-bond donors (Lipinski definition) is 0. The maximum Gasteiger partial charge on any atom is 0.334 e. The van der Waals surface area contributed by atoms with Crippen LogP contribution in [0.2, 0.25) is 5.02 Å². The summed E-state index contributed by atoms with van der Waals surface area (Å²) in [5, 5.41) is 0.732. The molecule has 0 saturated heterocycles. The van der Waals surface area contributed by atoms with E-state index in [9.17, 15) is 19.2 Å². The molecule has 2 heterocycles. The monoisotopic (exact) mass is 501 g/mol. The Morgan fingerprint density at radius 3 is 2.22 bits per heavy atom. The average molecular weight is 502 g/mol. The van der Waals surface area contributed by atoms with Crippen LogP contribution in [0.1, 0.15) is 40.1 Å². The third-order valence-electron chi connectivity index (χ3n) is 6.18. The van der Waals surface area contributed by atoms with Gasteiger partial charge in [0, 0.05) is 10.6 Å². The second-order valence-electron chi connectivity index (χ2n) is 8.40. The van der Waals surface area contributed by atoms with Gasteiger partial charge in [0.2, 0.25) is 11.2 Å². The van der Waals surface area contributed by atoms with E-state index in [2.05, 4.69) is 0 Å². The number of nitrogens with zero attached hydrogens (tertiary/aromatic N) is 1. The molecule has 0 bridgehead atoms. The molecule has 180 valence electrons. The van der Waals surface area contributed by atoms with Crippen LogP contribution < -0.4 is 10.2 Å². The van der Waals surface area contributed by atoms with Crippen molar-refractivity contribution >= 4 is 40.4 Å². The number of rotatable bonds is 5. The van der Waals surface area contributed by atoms with Crippen LogP contribution in [0.5, 0.6) is 5.75 Å². The predicted molar refractivity (Wildman–Crippen MR) is 134 cm³/mol. The summed E-state index contributed by atoms with van der Waals surface area (Å²) >= 11 is 6.02. The molecule has 7 nitrogen and oxygen atoms in total. The molecule has 36 heavy (non-hydrogen) atoms. The van der Waals surface area contributed by atoms with Crippen LogP contribution >= 0.6 is 11.6 Å². The van der Waals surface area contributed by atoms with Crippen LogP contribution in [-0.2, 0) is 11.2 Å². The summed E-state index contributed by atoms with van der Waals surface area (Å²) in [6.07, 6.45) is 0.695. The minimum atomic E-state index is -1.28. The Kier molecular flexibility index (Phi) is 5.94. The molecule has 0 radical (unpaired) electrons. The lowest BCUT2D eigenvalue weighted by molar-refractivity contribution is -0.138. The maximum atomic E-state index is 13.5. The number of amides is 2. The van der Waals surface area contributed by atoms with Gasteiger partial charge in [0.05, 0.1) is 16.5 Å². The van der Waals surface area contributed by atoms with E-state index in [-0.39, 0.29) is 28.0 Å². The second-order valence-corrected chi connectivity index (χ2v) is 8.84. The van der Waals surface area contributed by atoms with Crippen molar-refractivity contribution < 1.29 is 23.5 Å². The standard InChI is InChI=1S/C28H20ClNO6/c1-3-16-8-13-22-21(14-16)23(31)25(24(35-22)17-9-11-18(29)12-10-17)36-28(34)15(2)30-26(32)19-6-4-5-7-20(19)27(30)33/h4-15H,3H2,1-2H3. The molecule has 8 heteroatoms. The summed E-state index contributed by atoms with van der Waals surface area (Å²) < 4.78 is 11.6. The van der Waals surface area contributed by atoms with Gasteiger partial charge >= 0.3 is 5.97 Å². The topological polar surface area (TPSA) is 93.9 Å². The number of aryl methyl sites for hydroxylation is 1. The molecule has 0 fully saturated rings. The number of ether oxygens (including phenoxy) is 1. The van der Waals surface area contributed by atoms with E-state index >= 15 is 0 Å². The Bertz CT molecular complexity index is 1570. The van der Waals surface area contributed by atoms with Crippen LogP contribution in [0.4, 0.5) is 0 Å². The smallest absolute Gasteiger partial charge is 0.334 e. The molecule has 1 aromatic heterocycles. The molecule has 0 spiro atoms. The fourth-order valence-corrected chi connectivity index (χ4v) is 4.31. The minimum Gasteiger partial charge on any atom is -0.452 e. The summed E-state index contributed by atoms with van der Waals surface area (Å²) in [5.41, 5.74) is 1.58. The Hall–Kier alpha value is -4.23. The number of benzene rings is 3. The first kappa shape index (κ1) is 23.5. The zero-order valence-corrected chi connectivity index (χ0v) is 20.2. The molecular weight excluding hydrogens is 482 g/mol. The molecule has 2 amide bonds. The highest BCUT2D eigenvalue weighted by Gasteiger charge is 2.41. The van der Waals surface area contributed by atoms with Crippen molar-refractivity contribution in [3.63, 3.8) is 0 Å². The van der Waals surface area contributed by atoms with Crippen molar-refractivity contribution in [2.75, 3.05) is 0 Å². The molecule has 0 N–H and O–H groups in total. The van der Waals surface area contributed by atoms with Crippen molar-refractivity contribution in [2.24, 2.45) is 0 Å². The highest BCUT2D eigenvalue weighted by Crippen LogP contribution is 2.33. The molecule has 1 unspecified atom stereocenters. The highest BCUT2D eigenvalue weighted by atomic mass is 35.5. The van der Waals surface area contributed by atoms with Gasteiger partial charge in [-0.2, -0.15) is 0 Å². The summed E-state index contributed by atoms with van der Waals surface area (Å²) in [6, 6.07) is 16.8. The Labute approximate surface area is 210 Å². The Morgan fingerprint density at radius 1 is 0.972 bits per heavy atom. The third-order valence-corrected chi connectivity index (χ3v) is 6.44. The van der Waals surface area contributed by atoms with Crippen molar-refractivity contribution in [1.29, 1.82) is 0 Å². The third kappa shape index (κ3) is 3.87. The van der Waals surface area contributed by atoms with Gasteiger partial charge in [-0.25, -0.2) is 4.79 Å². The number of carbonyl (C=O) groups is 3. The molecule has 5 rings (SSSR count). The van der Waals surface area contributed by atoms with Gasteiger partial charge in [-0.15, -0.1) is 0 Å². The molecule has 1 atom stereocenters. The van der Waals surface area contributed by atoms with Crippen molar-refractivity contribution in [2.45, 2.75) is 26.3 Å². The number of esters is 1. The quantitative estimate of drug-likeness (QED) is 0.273. The summed E-state index contributed by atoms with van der Waals surface area (Å²) in [7, 11) is 0. The fourth-order valence-electron chi connectivity index (χ4n) is 4.18. The molecule has 0 aliphatic carbocycles. The largest absolute Gasteiger partial charge is 0.452 e. The van der Waals surface area contributed by atoms with E-state index in [1.807, 2.05) is 13.0 Å². The van der Waals surface area contributed by atoms with Gasteiger partial charge < -0.3 is 9.15 Å². The predicted octanol–water partition coefficient (Wildman–Crippen LogP) is 5.27. The number of imide groups is 1. The van der Waals surface area contributed by atoms with Gasteiger partial charge in [0.25, 0.3) is 11.8 Å². The zero-order chi connectivity index (χ0) is 25.6. The fraction of sp³-hybridized carbons (Fsp3) is 0.143. The molecule has 1 aliphatic heterocycles. The highest BCUT2D eigenvalue weighted by molar-refractivity contribution is 6.30. The van der Waals surface area contributed by atoms with Gasteiger partial charge in [0.1, 0.15) is 11.6 Å². The second kappa shape index (κ2) is 9.09. The van der Waals surface area contributed by atoms with E-state index in [1.165, 1.54) is 19.1 Å². The first-order valence-electron chi connectivity index (χ1n) is 11.3. The summed E-state index contributed by atoms with van der Waals surface area (Å²) in [6.45, 7) is 3.33. The SMILES string of the molecule is CCc1ccc2oc(-c3ccc(Cl)cc3)c(OC(=O)C(C)N3C(=O)c4ccccc4C3=O)c(=O)c2c1. The number of halogens is 1. The number of fused-ring (bicyclic) bond motifs is 2. The zero-order valence-electron chi connectivity index (χ0n) is 19.4. The lowest BCUT2D eigenvalue weighted by atomic mass is 10.1. The van der Waals surface area contributed by atoms with Crippen LogP contribution in [0.25, 0.3) is 22.3 Å². The first-order valence-corrected chi connectivity index (χ1v) is 11.7. The van der Waals surface area contributed by atoms with Crippen molar-refractivity contribution in [3.8, 4) is 17.1 Å². The molecule has 3 aromatic carbocycles. The maximum absolute atomic E-state index is 13.5. The minimum absolute atomic E-state index is 0.0383.